The smallest absolute Gasteiger partial charge is 0.336 e. The number of carbonyl (C=O) groups excluding carboxylic acids is 1. The lowest BCUT2D eigenvalue weighted by molar-refractivity contribution is -0.138. The number of hydrogen-bond donors (Lipinski definition) is 1. The van der Waals surface area contributed by atoms with Gasteiger partial charge in [0.1, 0.15) is 12.4 Å². The molecule has 1 aliphatic rings. The highest BCUT2D eigenvalue weighted by molar-refractivity contribution is 9.10. The zero-order valence-electron chi connectivity index (χ0n) is 15.1. The van der Waals surface area contributed by atoms with Gasteiger partial charge in [-0.25, -0.2) is 4.68 Å². The standard InChI is InChI=1S/C18H23BrN4O3/c1-11(2)13-4-5-15(14(19)8-13)23-10-21-18(22-23)26-12(3)17(24)16-9-20-6-7-25-16/h4-5,8,10-12,16,20H,6-7,9H2,1-3H3. The van der Waals surface area contributed by atoms with Gasteiger partial charge in [0.15, 0.2) is 6.10 Å². The highest BCUT2D eigenvalue weighted by atomic mass is 79.9. The fraction of sp³-hybridized carbons (Fsp3) is 0.500. The van der Waals surface area contributed by atoms with Crippen LogP contribution >= 0.6 is 15.9 Å². The molecule has 8 heteroatoms. The van der Waals surface area contributed by atoms with Gasteiger partial charge >= 0.3 is 6.01 Å². The van der Waals surface area contributed by atoms with E-state index in [2.05, 4.69) is 57.3 Å². The molecule has 0 radical (unpaired) electrons. The number of aromatic nitrogens is 3. The number of ether oxygens (including phenoxy) is 2. The zero-order chi connectivity index (χ0) is 18.7. The van der Waals surface area contributed by atoms with Crippen LogP contribution in [0, 0.1) is 0 Å². The van der Waals surface area contributed by atoms with E-state index >= 15 is 0 Å². The molecule has 7 nitrogen and oxygen atoms in total. The van der Waals surface area contributed by atoms with Crippen molar-refractivity contribution in [2.75, 3.05) is 19.7 Å². The Hall–Kier alpha value is -1.77. The molecule has 1 aromatic carbocycles. The highest BCUT2D eigenvalue weighted by Gasteiger charge is 2.28. The van der Waals surface area contributed by atoms with Crippen LogP contribution in [0.15, 0.2) is 29.0 Å². The van der Waals surface area contributed by atoms with Crippen LogP contribution in [0.5, 0.6) is 6.01 Å². The molecule has 1 N–H and O–H groups in total. The first-order valence-electron chi connectivity index (χ1n) is 8.70. The number of carbonyl (C=O) groups is 1. The molecule has 2 heterocycles. The van der Waals surface area contributed by atoms with Crippen LogP contribution in [-0.4, -0.2) is 52.5 Å². The molecule has 0 saturated carbocycles. The van der Waals surface area contributed by atoms with Crippen molar-refractivity contribution in [2.45, 2.75) is 38.9 Å². The average Bonchev–Trinajstić information content (AvgIpc) is 3.09. The summed E-state index contributed by atoms with van der Waals surface area (Å²) in [6.45, 7) is 7.77. The van der Waals surface area contributed by atoms with E-state index in [1.165, 1.54) is 5.56 Å². The Morgan fingerprint density at radius 1 is 1.42 bits per heavy atom. The number of benzene rings is 1. The maximum Gasteiger partial charge on any atom is 0.336 e. The minimum Gasteiger partial charge on any atom is -0.451 e. The zero-order valence-corrected chi connectivity index (χ0v) is 16.7. The van der Waals surface area contributed by atoms with Crippen molar-refractivity contribution in [2.24, 2.45) is 0 Å². The van der Waals surface area contributed by atoms with Gasteiger partial charge in [-0.15, -0.1) is 5.10 Å². The van der Waals surface area contributed by atoms with E-state index in [4.69, 9.17) is 9.47 Å². The lowest BCUT2D eigenvalue weighted by Gasteiger charge is -2.24. The van der Waals surface area contributed by atoms with E-state index in [-0.39, 0.29) is 11.8 Å². The lowest BCUT2D eigenvalue weighted by atomic mass is 10.0. The van der Waals surface area contributed by atoms with Crippen molar-refractivity contribution in [1.82, 2.24) is 20.1 Å². The summed E-state index contributed by atoms with van der Waals surface area (Å²) >= 11 is 3.58. The number of morpholine rings is 1. The quantitative estimate of drug-likeness (QED) is 0.770. The van der Waals surface area contributed by atoms with E-state index in [1.807, 2.05) is 6.07 Å². The maximum absolute atomic E-state index is 12.4. The monoisotopic (exact) mass is 422 g/mol. The summed E-state index contributed by atoms with van der Waals surface area (Å²) < 4.78 is 13.6. The Morgan fingerprint density at radius 2 is 2.23 bits per heavy atom. The summed E-state index contributed by atoms with van der Waals surface area (Å²) in [5.41, 5.74) is 2.09. The minimum absolute atomic E-state index is 0.115. The largest absolute Gasteiger partial charge is 0.451 e. The van der Waals surface area contributed by atoms with E-state index in [0.29, 0.717) is 19.1 Å². The molecule has 2 aromatic rings. The maximum atomic E-state index is 12.4. The predicted molar refractivity (Wildman–Crippen MR) is 101 cm³/mol. The normalized spacial score (nSPS) is 18.7. The van der Waals surface area contributed by atoms with Crippen molar-refractivity contribution in [3.63, 3.8) is 0 Å². The molecule has 1 aromatic heterocycles. The Labute approximate surface area is 161 Å². The summed E-state index contributed by atoms with van der Waals surface area (Å²) in [4.78, 5) is 16.5. The Kier molecular flexibility index (Phi) is 6.05. The van der Waals surface area contributed by atoms with Crippen molar-refractivity contribution in [1.29, 1.82) is 0 Å². The number of Topliss-reactive ketones (excluding diaryl/α,β-unsaturated/α-hetero) is 1. The van der Waals surface area contributed by atoms with Crippen molar-refractivity contribution in [3.05, 3.63) is 34.6 Å². The molecule has 1 fully saturated rings. The molecule has 2 unspecified atom stereocenters. The topological polar surface area (TPSA) is 78.3 Å². The molecule has 3 rings (SSSR count). The first-order valence-corrected chi connectivity index (χ1v) is 9.49. The van der Waals surface area contributed by atoms with Gasteiger partial charge in [0, 0.05) is 17.6 Å². The third-order valence-corrected chi connectivity index (χ3v) is 4.92. The predicted octanol–water partition coefficient (Wildman–Crippen LogP) is 2.48. The third kappa shape index (κ3) is 4.31. The molecular formula is C18H23BrN4O3. The fourth-order valence-corrected chi connectivity index (χ4v) is 3.29. The van der Waals surface area contributed by atoms with Gasteiger partial charge in [0.25, 0.3) is 0 Å². The number of nitrogens with zero attached hydrogens (tertiary/aromatic N) is 3. The molecular weight excluding hydrogens is 400 g/mol. The number of halogens is 1. The summed E-state index contributed by atoms with van der Waals surface area (Å²) in [6, 6.07) is 6.27. The van der Waals surface area contributed by atoms with Crippen LogP contribution in [0.4, 0.5) is 0 Å². The van der Waals surface area contributed by atoms with Crippen molar-refractivity contribution in [3.8, 4) is 11.7 Å². The van der Waals surface area contributed by atoms with Crippen LogP contribution in [0.2, 0.25) is 0 Å². The van der Waals surface area contributed by atoms with Crippen LogP contribution in [0.1, 0.15) is 32.3 Å². The molecule has 1 aliphatic heterocycles. The van der Waals surface area contributed by atoms with E-state index < -0.39 is 12.2 Å². The second kappa shape index (κ2) is 8.28. The summed E-state index contributed by atoms with van der Waals surface area (Å²) in [7, 11) is 0. The second-order valence-corrected chi connectivity index (χ2v) is 7.42. The molecule has 0 spiro atoms. The summed E-state index contributed by atoms with van der Waals surface area (Å²) in [5.74, 6) is 0.328. The minimum atomic E-state index is -0.678. The van der Waals surface area contributed by atoms with Gasteiger partial charge in [-0.2, -0.15) is 4.98 Å². The van der Waals surface area contributed by atoms with Gasteiger partial charge in [-0.1, -0.05) is 19.9 Å². The van der Waals surface area contributed by atoms with Crippen LogP contribution in [0.25, 0.3) is 5.69 Å². The van der Waals surface area contributed by atoms with Crippen molar-refractivity contribution >= 4 is 21.7 Å². The Morgan fingerprint density at radius 3 is 2.88 bits per heavy atom. The molecule has 26 heavy (non-hydrogen) atoms. The third-order valence-electron chi connectivity index (χ3n) is 4.28. The molecule has 0 aliphatic carbocycles. The van der Waals surface area contributed by atoms with Crippen LogP contribution < -0.4 is 10.1 Å². The Bertz CT molecular complexity index is 772. The van der Waals surface area contributed by atoms with Gasteiger partial charge < -0.3 is 14.8 Å². The van der Waals surface area contributed by atoms with Crippen molar-refractivity contribution < 1.29 is 14.3 Å². The number of hydrogen-bond acceptors (Lipinski definition) is 6. The molecule has 0 amide bonds. The van der Waals surface area contributed by atoms with Gasteiger partial charge in [-0.05, 0) is 46.5 Å². The van der Waals surface area contributed by atoms with E-state index in [9.17, 15) is 4.79 Å². The van der Waals surface area contributed by atoms with E-state index in [0.717, 1.165) is 16.7 Å². The van der Waals surface area contributed by atoms with Gasteiger partial charge in [0.2, 0.25) is 5.78 Å². The molecule has 0 bridgehead atoms. The Balaban J connectivity index is 1.68. The highest BCUT2D eigenvalue weighted by Crippen LogP contribution is 2.26. The van der Waals surface area contributed by atoms with Crippen LogP contribution in [0.3, 0.4) is 0 Å². The summed E-state index contributed by atoms with van der Waals surface area (Å²) in [6.07, 6.45) is 0.404. The first-order chi connectivity index (χ1) is 12.5. The number of ketones is 1. The summed E-state index contributed by atoms with van der Waals surface area (Å²) in [5, 5.41) is 7.46. The SMILES string of the molecule is CC(Oc1ncn(-c2ccc(C(C)C)cc2Br)n1)C(=O)C1CNCCO1. The van der Waals surface area contributed by atoms with Crippen LogP contribution in [-0.2, 0) is 9.53 Å². The first kappa shape index (κ1) is 19.0. The molecule has 140 valence electrons. The fourth-order valence-electron chi connectivity index (χ4n) is 2.71. The average molecular weight is 423 g/mol. The second-order valence-electron chi connectivity index (χ2n) is 6.56. The molecule has 1 saturated heterocycles. The van der Waals surface area contributed by atoms with E-state index in [1.54, 1.807) is 17.9 Å². The number of rotatable bonds is 6. The number of nitrogens with one attached hydrogen (secondary N) is 1. The van der Waals surface area contributed by atoms with Gasteiger partial charge in [0.05, 0.1) is 12.3 Å². The van der Waals surface area contributed by atoms with Gasteiger partial charge in [-0.3, -0.25) is 4.79 Å². The molecule has 2 atom stereocenters. The lowest BCUT2D eigenvalue weighted by Crippen LogP contribution is -2.47.